The summed E-state index contributed by atoms with van der Waals surface area (Å²) in [6, 6.07) is 3.60. The molecule has 2 rings (SSSR count). The summed E-state index contributed by atoms with van der Waals surface area (Å²) in [5, 5.41) is -0.691. The van der Waals surface area contributed by atoms with E-state index in [0.29, 0.717) is 18.6 Å². The first-order valence-electron chi connectivity index (χ1n) is 6.50. The molecule has 0 aliphatic carbocycles. The van der Waals surface area contributed by atoms with Crippen LogP contribution in [-0.2, 0) is 9.84 Å². The Morgan fingerprint density at radius 2 is 2.20 bits per heavy atom. The maximum atomic E-state index is 14.1. The minimum atomic E-state index is -3.26. The van der Waals surface area contributed by atoms with Crippen molar-refractivity contribution in [3.8, 4) is 5.75 Å². The Balaban J connectivity index is 2.37. The average molecular weight is 302 g/mol. The van der Waals surface area contributed by atoms with Gasteiger partial charge in [0.15, 0.2) is 9.84 Å². The normalized spacial score (nSPS) is 23.2. The van der Waals surface area contributed by atoms with Crippen LogP contribution in [0.3, 0.4) is 0 Å². The smallest absolute Gasteiger partial charge is 0.155 e. The second-order valence-corrected chi connectivity index (χ2v) is 7.27. The van der Waals surface area contributed by atoms with Crippen molar-refractivity contribution in [1.29, 1.82) is 0 Å². The third-order valence-corrected chi connectivity index (χ3v) is 6.01. The lowest BCUT2D eigenvalue weighted by Gasteiger charge is -2.30. The molecule has 7 heteroatoms. The zero-order valence-corrected chi connectivity index (χ0v) is 12.1. The van der Waals surface area contributed by atoms with E-state index >= 15 is 0 Å². The lowest BCUT2D eigenvalue weighted by Crippen LogP contribution is -2.43. The number of hydrogen-bond acceptors (Lipinski definition) is 5. The number of nitrogens with two attached hydrogens (primary N) is 1. The fourth-order valence-corrected chi connectivity index (χ4v) is 4.71. The topological polar surface area (TPSA) is 81.4 Å². The van der Waals surface area contributed by atoms with Crippen LogP contribution in [0.4, 0.5) is 4.39 Å². The number of hydrazine groups is 1. The largest absolute Gasteiger partial charge is 0.497 e. The molecule has 1 fully saturated rings. The summed E-state index contributed by atoms with van der Waals surface area (Å²) in [6.07, 6.45) is 1.95. The van der Waals surface area contributed by atoms with Crippen LogP contribution >= 0.6 is 0 Å². The van der Waals surface area contributed by atoms with Crippen molar-refractivity contribution < 1.29 is 17.5 Å². The van der Waals surface area contributed by atoms with Crippen LogP contribution in [0.1, 0.15) is 30.9 Å². The molecule has 0 spiro atoms. The Morgan fingerprint density at radius 3 is 2.75 bits per heavy atom. The minimum absolute atomic E-state index is 0.133. The van der Waals surface area contributed by atoms with Crippen molar-refractivity contribution in [3.05, 3.63) is 29.6 Å². The van der Waals surface area contributed by atoms with Crippen LogP contribution in [-0.4, -0.2) is 26.5 Å². The quantitative estimate of drug-likeness (QED) is 0.647. The van der Waals surface area contributed by atoms with Crippen LogP contribution in [0.5, 0.6) is 5.75 Å². The molecule has 2 atom stereocenters. The molecular formula is C13H19FN2O3S. The van der Waals surface area contributed by atoms with Gasteiger partial charge in [0, 0.05) is 11.6 Å². The Labute approximate surface area is 118 Å². The molecular weight excluding hydrogens is 283 g/mol. The monoisotopic (exact) mass is 302 g/mol. The maximum absolute atomic E-state index is 14.1. The van der Waals surface area contributed by atoms with Crippen molar-refractivity contribution in [1.82, 2.24) is 5.43 Å². The third-order valence-electron chi connectivity index (χ3n) is 3.72. The lowest BCUT2D eigenvalue weighted by atomic mass is 9.99. The summed E-state index contributed by atoms with van der Waals surface area (Å²) in [5.41, 5.74) is 2.72. The molecule has 2 unspecified atom stereocenters. The van der Waals surface area contributed by atoms with E-state index in [0.717, 1.165) is 6.42 Å². The molecule has 0 bridgehead atoms. The van der Waals surface area contributed by atoms with Gasteiger partial charge < -0.3 is 4.74 Å². The molecule has 0 radical (unpaired) electrons. The van der Waals surface area contributed by atoms with E-state index in [2.05, 4.69) is 5.43 Å². The molecule has 5 nitrogen and oxygen atoms in total. The second-order valence-electron chi connectivity index (χ2n) is 4.93. The van der Waals surface area contributed by atoms with Crippen molar-refractivity contribution in [2.24, 2.45) is 5.84 Å². The molecule has 1 aliphatic rings. The maximum Gasteiger partial charge on any atom is 0.155 e. The average Bonchev–Trinajstić information content (AvgIpc) is 2.42. The lowest BCUT2D eigenvalue weighted by molar-refractivity contribution is 0.406. The molecule has 1 aromatic rings. The summed E-state index contributed by atoms with van der Waals surface area (Å²) in [7, 11) is -1.81. The van der Waals surface area contributed by atoms with Crippen LogP contribution < -0.4 is 16.0 Å². The van der Waals surface area contributed by atoms with Crippen molar-refractivity contribution in [2.75, 3.05) is 12.9 Å². The molecule has 0 amide bonds. The first-order valence-corrected chi connectivity index (χ1v) is 8.22. The fourth-order valence-electron chi connectivity index (χ4n) is 2.64. The highest BCUT2D eigenvalue weighted by molar-refractivity contribution is 7.92. The van der Waals surface area contributed by atoms with E-state index in [1.165, 1.54) is 19.2 Å². The number of ether oxygens (including phenoxy) is 1. The summed E-state index contributed by atoms with van der Waals surface area (Å²) in [5.74, 6) is 5.48. The number of benzene rings is 1. The van der Waals surface area contributed by atoms with Gasteiger partial charge >= 0.3 is 0 Å². The van der Waals surface area contributed by atoms with Crippen LogP contribution in [0.15, 0.2) is 18.2 Å². The number of halogens is 1. The van der Waals surface area contributed by atoms with Gasteiger partial charge in [0.2, 0.25) is 0 Å². The number of rotatable bonds is 4. The predicted octanol–water partition coefficient (Wildman–Crippen LogP) is 1.31. The Bertz CT molecular complexity index is 577. The number of hydrogen-bond donors (Lipinski definition) is 2. The highest BCUT2D eigenvalue weighted by Crippen LogP contribution is 2.32. The van der Waals surface area contributed by atoms with Gasteiger partial charge in [0.25, 0.3) is 0 Å². The van der Waals surface area contributed by atoms with Gasteiger partial charge in [-0.15, -0.1) is 0 Å². The van der Waals surface area contributed by atoms with Gasteiger partial charge in [0.05, 0.1) is 24.2 Å². The summed E-state index contributed by atoms with van der Waals surface area (Å²) >= 11 is 0. The van der Waals surface area contributed by atoms with Crippen LogP contribution in [0.25, 0.3) is 0 Å². The van der Waals surface area contributed by atoms with Crippen LogP contribution in [0.2, 0.25) is 0 Å². The Kier molecular flexibility index (Phi) is 4.62. The van der Waals surface area contributed by atoms with E-state index in [-0.39, 0.29) is 11.3 Å². The Hall–Kier alpha value is -1.18. The fraction of sp³-hybridized carbons (Fsp3) is 0.538. The minimum Gasteiger partial charge on any atom is -0.497 e. The SMILES string of the molecule is COc1ccc(C(NN)C2CCCCS2(=O)=O)c(F)c1. The van der Waals surface area contributed by atoms with Gasteiger partial charge in [-0.05, 0) is 18.9 Å². The zero-order chi connectivity index (χ0) is 14.8. The van der Waals surface area contributed by atoms with E-state index in [4.69, 9.17) is 10.6 Å². The molecule has 1 aromatic carbocycles. The Morgan fingerprint density at radius 1 is 1.45 bits per heavy atom. The van der Waals surface area contributed by atoms with Crippen molar-refractivity contribution >= 4 is 9.84 Å². The predicted molar refractivity (Wildman–Crippen MR) is 74.4 cm³/mol. The van der Waals surface area contributed by atoms with Gasteiger partial charge in [-0.3, -0.25) is 11.3 Å². The number of sulfone groups is 1. The first kappa shape index (κ1) is 15.2. The van der Waals surface area contributed by atoms with E-state index < -0.39 is 26.9 Å². The van der Waals surface area contributed by atoms with E-state index in [1.54, 1.807) is 6.07 Å². The third kappa shape index (κ3) is 2.94. The van der Waals surface area contributed by atoms with Crippen molar-refractivity contribution in [2.45, 2.75) is 30.6 Å². The summed E-state index contributed by atoms with van der Waals surface area (Å²) in [6.45, 7) is 0. The second kappa shape index (κ2) is 6.07. The zero-order valence-electron chi connectivity index (χ0n) is 11.3. The molecule has 1 heterocycles. The van der Waals surface area contributed by atoms with Crippen molar-refractivity contribution in [3.63, 3.8) is 0 Å². The van der Waals surface area contributed by atoms with E-state index in [9.17, 15) is 12.8 Å². The molecule has 0 saturated carbocycles. The molecule has 0 aromatic heterocycles. The highest BCUT2D eigenvalue weighted by Gasteiger charge is 2.37. The molecule has 20 heavy (non-hydrogen) atoms. The standard InChI is InChI=1S/C13H19FN2O3S/c1-19-9-5-6-10(11(14)8-9)13(16-15)12-4-2-3-7-20(12,17)18/h5-6,8,12-13,16H,2-4,7,15H2,1H3. The number of nitrogens with one attached hydrogen (secondary N) is 1. The molecule has 112 valence electrons. The molecule has 1 saturated heterocycles. The first-order chi connectivity index (χ1) is 9.49. The molecule has 3 N–H and O–H groups in total. The van der Waals surface area contributed by atoms with Gasteiger partial charge in [-0.2, -0.15) is 0 Å². The van der Waals surface area contributed by atoms with Gasteiger partial charge in [-0.25, -0.2) is 12.8 Å². The summed E-state index contributed by atoms with van der Waals surface area (Å²) in [4.78, 5) is 0. The highest BCUT2D eigenvalue weighted by atomic mass is 32.2. The van der Waals surface area contributed by atoms with E-state index in [1.807, 2.05) is 0 Å². The van der Waals surface area contributed by atoms with Crippen LogP contribution in [0, 0.1) is 5.82 Å². The number of methoxy groups -OCH3 is 1. The van der Waals surface area contributed by atoms with Gasteiger partial charge in [0.1, 0.15) is 11.6 Å². The van der Waals surface area contributed by atoms with Gasteiger partial charge in [-0.1, -0.05) is 12.5 Å². The molecule has 1 aliphatic heterocycles. The summed E-state index contributed by atoms with van der Waals surface area (Å²) < 4.78 is 43.3.